The van der Waals surface area contributed by atoms with Gasteiger partial charge in [0.2, 0.25) is 0 Å². The number of pyridine rings is 2. The van der Waals surface area contributed by atoms with Crippen molar-refractivity contribution in [1.29, 1.82) is 0 Å². The minimum absolute atomic E-state index is 0.516. The van der Waals surface area contributed by atoms with Crippen LogP contribution in [0.25, 0.3) is 11.5 Å². The Labute approximate surface area is 122 Å². The van der Waals surface area contributed by atoms with E-state index in [1.54, 1.807) is 18.5 Å². The van der Waals surface area contributed by atoms with Gasteiger partial charge in [-0.15, -0.1) is 0 Å². The fourth-order valence-corrected chi connectivity index (χ4v) is 2.26. The molecular weight excluding hydrogens is 272 g/mol. The van der Waals surface area contributed by atoms with E-state index >= 15 is 0 Å². The van der Waals surface area contributed by atoms with Gasteiger partial charge in [-0.1, -0.05) is 23.7 Å². The first-order valence-electron chi connectivity index (χ1n) is 6.28. The minimum Gasteiger partial charge on any atom is -0.325 e. The highest BCUT2D eigenvalue weighted by Gasteiger charge is 2.09. The number of nitrogens with zero attached hydrogens (tertiary/aromatic N) is 4. The summed E-state index contributed by atoms with van der Waals surface area (Å²) in [6.07, 6.45) is 5.49. The second-order valence-corrected chi connectivity index (χ2v) is 4.86. The predicted molar refractivity (Wildman–Crippen MR) is 78.5 cm³/mol. The molecule has 0 radical (unpaired) electrons. The minimum atomic E-state index is 0.516. The molecule has 3 aromatic rings. The lowest BCUT2D eigenvalue weighted by molar-refractivity contribution is 0.792. The third kappa shape index (κ3) is 2.56. The summed E-state index contributed by atoms with van der Waals surface area (Å²) in [6.45, 7) is 2.65. The average molecular weight is 285 g/mol. The van der Waals surface area contributed by atoms with E-state index in [-0.39, 0.29) is 0 Å². The largest absolute Gasteiger partial charge is 0.325 e. The zero-order valence-corrected chi connectivity index (χ0v) is 11.7. The number of hydrogen-bond donors (Lipinski definition) is 0. The summed E-state index contributed by atoms with van der Waals surface area (Å²) >= 11 is 5.89. The summed E-state index contributed by atoms with van der Waals surface area (Å²) < 4.78 is 2.06. The third-order valence-electron chi connectivity index (χ3n) is 3.11. The Balaban J connectivity index is 1.95. The Bertz CT molecular complexity index is 722. The number of hydrogen-bond acceptors (Lipinski definition) is 3. The van der Waals surface area contributed by atoms with Gasteiger partial charge in [0, 0.05) is 24.3 Å². The Kier molecular flexibility index (Phi) is 3.48. The van der Waals surface area contributed by atoms with Gasteiger partial charge in [-0.05, 0) is 30.7 Å². The van der Waals surface area contributed by atoms with Gasteiger partial charge in [0.25, 0.3) is 0 Å². The average Bonchev–Trinajstić information content (AvgIpc) is 2.91. The van der Waals surface area contributed by atoms with Gasteiger partial charge in [0.1, 0.15) is 10.8 Å². The molecule has 0 aliphatic rings. The molecule has 0 spiro atoms. The van der Waals surface area contributed by atoms with E-state index in [1.807, 2.05) is 37.4 Å². The molecule has 5 heteroatoms. The topological polar surface area (TPSA) is 43.6 Å². The van der Waals surface area contributed by atoms with Crippen LogP contribution >= 0.6 is 11.6 Å². The van der Waals surface area contributed by atoms with Crippen LogP contribution in [0.2, 0.25) is 5.15 Å². The van der Waals surface area contributed by atoms with Crippen LogP contribution in [0.1, 0.15) is 11.3 Å². The number of aromatic nitrogens is 4. The molecule has 0 N–H and O–H groups in total. The van der Waals surface area contributed by atoms with Crippen molar-refractivity contribution >= 4 is 11.6 Å². The maximum Gasteiger partial charge on any atom is 0.158 e. The molecule has 3 aromatic heterocycles. The summed E-state index contributed by atoms with van der Waals surface area (Å²) in [4.78, 5) is 13.0. The van der Waals surface area contributed by atoms with E-state index in [9.17, 15) is 0 Å². The second-order valence-electron chi connectivity index (χ2n) is 4.47. The standard InChI is InChI=1S/C15H13ClN4/c1-11-12(5-6-14(16)19-11)10-20-9-8-18-15(20)13-4-2-3-7-17-13/h2-9H,10H2,1H3. The Morgan fingerprint density at radius 3 is 2.75 bits per heavy atom. The van der Waals surface area contributed by atoms with Gasteiger partial charge in [-0.2, -0.15) is 0 Å². The maximum absolute atomic E-state index is 5.89. The highest BCUT2D eigenvalue weighted by Crippen LogP contribution is 2.18. The molecule has 3 rings (SSSR count). The van der Waals surface area contributed by atoms with E-state index in [1.165, 1.54) is 0 Å². The molecule has 0 aliphatic heterocycles. The van der Waals surface area contributed by atoms with Crippen LogP contribution < -0.4 is 0 Å². The van der Waals surface area contributed by atoms with Crippen molar-refractivity contribution < 1.29 is 0 Å². The van der Waals surface area contributed by atoms with Gasteiger partial charge in [-0.25, -0.2) is 9.97 Å². The van der Waals surface area contributed by atoms with E-state index in [0.717, 1.165) is 22.8 Å². The van der Waals surface area contributed by atoms with Crippen molar-refractivity contribution in [2.24, 2.45) is 0 Å². The summed E-state index contributed by atoms with van der Waals surface area (Å²) in [6, 6.07) is 9.60. The van der Waals surface area contributed by atoms with E-state index in [0.29, 0.717) is 11.7 Å². The SMILES string of the molecule is Cc1nc(Cl)ccc1Cn1ccnc1-c1ccccn1. The van der Waals surface area contributed by atoms with Gasteiger partial charge in [-0.3, -0.25) is 4.98 Å². The molecule has 4 nitrogen and oxygen atoms in total. The lowest BCUT2D eigenvalue weighted by atomic mass is 10.2. The molecule has 20 heavy (non-hydrogen) atoms. The lowest BCUT2D eigenvalue weighted by Crippen LogP contribution is -2.04. The molecule has 0 aromatic carbocycles. The molecule has 0 unspecified atom stereocenters. The van der Waals surface area contributed by atoms with Crippen LogP contribution in [0.3, 0.4) is 0 Å². The van der Waals surface area contributed by atoms with E-state index in [4.69, 9.17) is 11.6 Å². The maximum atomic E-state index is 5.89. The highest BCUT2D eigenvalue weighted by molar-refractivity contribution is 6.29. The predicted octanol–water partition coefficient (Wildman–Crippen LogP) is 3.35. The van der Waals surface area contributed by atoms with Crippen molar-refractivity contribution in [3.8, 4) is 11.5 Å². The molecule has 100 valence electrons. The van der Waals surface area contributed by atoms with Gasteiger partial charge >= 0.3 is 0 Å². The molecule has 0 fully saturated rings. The van der Waals surface area contributed by atoms with Crippen molar-refractivity contribution in [1.82, 2.24) is 19.5 Å². The quantitative estimate of drug-likeness (QED) is 0.693. The van der Waals surface area contributed by atoms with Crippen molar-refractivity contribution in [2.75, 3.05) is 0 Å². The van der Waals surface area contributed by atoms with Crippen LogP contribution in [0, 0.1) is 6.92 Å². The third-order valence-corrected chi connectivity index (χ3v) is 3.32. The molecule has 0 bridgehead atoms. The summed E-state index contributed by atoms with van der Waals surface area (Å²) in [7, 11) is 0. The molecule has 0 aliphatic carbocycles. The number of imidazole rings is 1. The number of rotatable bonds is 3. The Hall–Kier alpha value is -2.20. The summed E-state index contributed by atoms with van der Waals surface area (Å²) in [5.74, 6) is 0.847. The molecule has 0 saturated heterocycles. The fraction of sp³-hybridized carbons (Fsp3) is 0.133. The molecule has 3 heterocycles. The van der Waals surface area contributed by atoms with Crippen molar-refractivity contribution in [2.45, 2.75) is 13.5 Å². The monoisotopic (exact) mass is 284 g/mol. The molecular formula is C15H13ClN4. The van der Waals surface area contributed by atoms with Gasteiger partial charge < -0.3 is 4.57 Å². The highest BCUT2D eigenvalue weighted by atomic mass is 35.5. The molecule has 0 saturated carbocycles. The summed E-state index contributed by atoms with van der Waals surface area (Å²) in [5.41, 5.74) is 2.90. The lowest BCUT2D eigenvalue weighted by Gasteiger charge is -2.09. The van der Waals surface area contributed by atoms with Crippen molar-refractivity contribution in [3.05, 3.63) is 65.3 Å². The Morgan fingerprint density at radius 1 is 1.10 bits per heavy atom. The first kappa shape index (κ1) is 12.8. The van der Waals surface area contributed by atoms with E-state index < -0.39 is 0 Å². The molecule has 0 amide bonds. The zero-order valence-electron chi connectivity index (χ0n) is 11.0. The summed E-state index contributed by atoms with van der Waals surface area (Å²) in [5, 5.41) is 0.516. The first-order valence-corrected chi connectivity index (χ1v) is 6.66. The second kappa shape index (κ2) is 5.43. The van der Waals surface area contributed by atoms with Crippen LogP contribution in [-0.2, 0) is 6.54 Å². The van der Waals surface area contributed by atoms with Crippen LogP contribution in [0.15, 0.2) is 48.9 Å². The van der Waals surface area contributed by atoms with Gasteiger partial charge in [0.05, 0.1) is 6.54 Å². The zero-order chi connectivity index (χ0) is 13.9. The normalized spacial score (nSPS) is 10.7. The number of halogens is 1. The fourth-order valence-electron chi connectivity index (χ4n) is 2.07. The van der Waals surface area contributed by atoms with Crippen molar-refractivity contribution in [3.63, 3.8) is 0 Å². The molecule has 0 atom stereocenters. The van der Waals surface area contributed by atoms with Crippen LogP contribution in [-0.4, -0.2) is 19.5 Å². The van der Waals surface area contributed by atoms with Crippen LogP contribution in [0.5, 0.6) is 0 Å². The smallest absolute Gasteiger partial charge is 0.158 e. The van der Waals surface area contributed by atoms with Gasteiger partial charge in [0.15, 0.2) is 5.82 Å². The van der Waals surface area contributed by atoms with E-state index in [2.05, 4.69) is 19.5 Å². The van der Waals surface area contributed by atoms with Crippen LogP contribution in [0.4, 0.5) is 0 Å². The number of aryl methyl sites for hydroxylation is 1. The first-order chi connectivity index (χ1) is 9.74. The Morgan fingerprint density at radius 2 is 2.00 bits per heavy atom.